The zero-order valence-electron chi connectivity index (χ0n) is 11.6. The first-order valence-electron chi connectivity index (χ1n) is 6.32. The van der Waals surface area contributed by atoms with E-state index in [2.05, 4.69) is 21.9 Å². The number of thioether (sulfide) groups is 1. The number of carbonyl (C=O) groups is 2. The summed E-state index contributed by atoms with van der Waals surface area (Å²) >= 11 is 4.06. The van der Waals surface area contributed by atoms with E-state index >= 15 is 0 Å². The van der Waals surface area contributed by atoms with Crippen molar-refractivity contribution in [2.24, 2.45) is 0 Å². The molecule has 2 amide bonds. The Bertz CT molecular complexity index is 708. The molecule has 2 rings (SSSR count). The molecule has 1 aromatic rings. The van der Waals surface area contributed by atoms with Crippen LogP contribution < -0.4 is 4.74 Å². The van der Waals surface area contributed by atoms with Crippen molar-refractivity contribution in [3.8, 4) is 23.8 Å². The summed E-state index contributed by atoms with van der Waals surface area (Å²) < 4.78 is 5.76. The number of nitrogens with zero attached hydrogens (tertiary/aromatic N) is 1. The van der Waals surface area contributed by atoms with Gasteiger partial charge in [0, 0.05) is 0 Å². The number of rotatable bonds is 4. The molecular formula is C15H12BrNO4S. The van der Waals surface area contributed by atoms with Crippen LogP contribution in [0.3, 0.4) is 0 Å². The SMILES string of the molecule is C#CCN1C(=O)S/C(=C\c2cc(Br)c(O)c(OCC)c2)C1=O. The smallest absolute Gasteiger partial charge is 0.294 e. The summed E-state index contributed by atoms with van der Waals surface area (Å²) in [5.74, 6) is 2.14. The van der Waals surface area contributed by atoms with E-state index < -0.39 is 11.1 Å². The van der Waals surface area contributed by atoms with Gasteiger partial charge in [0.05, 0.1) is 22.5 Å². The Balaban J connectivity index is 2.36. The van der Waals surface area contributed by atoms with E-state index in [1.807, 2.05) is 0 Å². The molecule has 1 aliphatic heterocycles. The highest BCUT2D eigenvalue weighted by atomic mass is 79.9. The third-order valence-electron chi connectivity index (χ3n) is 2.77. The molecule has 22 heavy (non-hydrogen) atoms. The van der Waals surface area contributed by atoms with Gasteiger partial charge < -0.3 is 9.84 Å². The number of amides is 2. The highest BCUT2D eigenvalue weighted by molar-refractivity contribution is 9.10. The number of imide groups is 1. The van der Waals surface area contributed by atoms with Crippen molar-refractivity contribution in [1.29, 1.82) is 0 Å². The average molecular weight is 382 g/mol. The fourth-order valence-electron chi connectivity index (χ4n) is 1.82. The number of ether oxygens (including phenoxy) is 1. The van der Waals surface area contributed by atoms with Crippen molar-refractivity contribution >= 4 is 44.9 Å². The van der Waals surface area contributed by atoms with Gasteiger partial charge in [0.1, 0.15) is 0 Å². The van der Waals surface area contributed by atoms with Gasteiger partial charge in [-0.2, -0.15) is 0 Å². The number of benzene rings is 1. The van der Waals surface area contributed by atoms with Crippen molar-refractivity contribution in [3.05, 3.63) is 27.1 Å². The molecule has 0 aromatic heterocycles. The second-order valence-electron chi connectivity index (χ2n) is 4.25. The van der Waals surface area contributed by atoms with Crippen LogP contribution in [0.2, 0.25) is 0 Å². The Hall–Kier alpha value is -1.91. The molecule has 0 spiro atoms. The van der Waals surface area contributed by atoms with Crippen LogP contribution in [0.25, 0.3) is 6.08 Å². The van der Waals surface area contributed by atoms with Crippen molar-refractivity contribution < 1.29 is 19.4 Å². The number of carbonyl (C=O) groups excluding carboxylic acids is 2. The topological polar surface area (TPSA) is 66.8 Å². The molecule has 7 heteroatoms. The molecule has 0 bridgehead atoms. The van der Waals surface area contributed by atoms with E-state index in [9.17, 15) is 14.7 Å². The zero-order chi connectivity index (χ0) is 16.3. The molecule has 0 aliphatic carbocycles. The molecule has 0 radical (unpaired) electrons. The van der Waals surface area contributed by atoms with Crippen molar-refractivity contribution in [2.45, 2.75) is 6.92 Å². The first-order valence-corrected chi connectivity index (χ1v) is 7.93. The van der Waals surface area contributed by atoms with Gasteiger partial charge in [-0.25, -0.2) is 0 Å². The fourth-order valence-corrected chi connectivity index (χ4v) is 3.12. The molecule has 0 atom stereocenters. The molecule has 1 saturated heterocycles. The lowest BCUT2D eigenvalue weighted by molar-refractivity contribution is -0.122. The number of aromatic hydroxyl groups is 1. The van der Waals surface area contributed by atoms with Crippen LogP contribution in [0.4, 0.5) is 4.79 Å². The molecule has 1 heterocycles. The Morgan fingerprint density at radius 2 is 2.23 bits per heavy atom. The summed E-state index contributed by atoms with van der Waals surface area (Å²) in [5.41, 5.74) is 0.624. The van der Waals surface area contributed by atoms with E-state index in [0.717, 1.165) is 16.7 Å². The predicted octanol–water partition coefficient (Wildman–Crippen LogP) is 3.22. The Kier molecular flexibility index (Phi) is 5.16. The summed E-state index contributed by atoms with van der Waals surface area (Å²) in [7, 11) is 0. The minimum Gasteiger partial charge on any atom is -0.503 e. The summed E-state index contributed by atoms with van der Waals surface area (Å²) in [4.78, 5) is 25.1. The molecule has 1 N–H and O–H groups in total. The quantitative estimate of drug-likeness (QED) is 0.640. The van der Waals surface area contributed by atoms with Gasteiger partial charge >= 0.3 is 0 Å². The lowest BCUT2D eigenvalue weighted by atomic mass is 10.2. The van der Waals surface area contributed by atoms with E-state index in [-0.39, 0.29) is 17.2 Å². The van der Waals surface area contributed by atoms with Gasteiger partial charge in [0.2, 0.25) is 0 Å². The van der Waals surface area contributed by atoms with Crippen LogP contribution in [-0.2, 0) is 4.79 Å². The maximum atomic E-state index is 12.1. The summed E-state index contributed by atoms with van der Waals surface area (Å²) in [5, 5.41) is 9.48. The Labute approximate surface area is 140 Å². The van der Waals surface area contributed by atoms with Gasteiger partial charge in [0.25, 0.3) is 11.1 Å². The Morgan fingerprint density at radius 3 is 2.86 bits per heavy atom. The van der Waals surface area contributed by atoms with Crippen LogP contribution in [0.5, 0.6) is 11.5 Å². The number of hydrogen-bond donors (Lipinski definition) is 1. The lowest BCUT2D eigenvalue weighted by Gasteiger charge is -2.09. The second-order valence-corrected chi connectivity index (χ2v) is 6.10. The van der Waals surface area contributed by atoms with Crippen LogP contribution in [0.1, 0.15) is 12.5 Å². The highest BCUT2D eigenvalue weighted by Gasteiger charge is 2.34. The molecule has 1 fully saturated rings. The number of phenols is 1. The molecule has 1 aliphatic rings. The predicted molar refractivity (Wildman–Crippen MR) is 88.5 cm³/mol. The van der Waals surface area contributed by atoms with E-state index in [0.29, 0.717) is 22.4 Å². The minimum absolute atomic E-state index is 0.0144. The van der Waals surface area contributed by atoms with Gasteiger partial charge in [-0.15, -0.1) is 6.42 Å². The number of halogens is 1. The molecular weight excluding hydrogens is 370 g/mol. The first-order chi connectivity index (χ1) is 10.5. The summed E-state index contributed by atoms with van der Waals surface area (Å²) in [6.07, 6.45) is 6.71. The van der Waals surface area contributed by atoms with E-state index in [1.165, 1.54) is 0 Å². The Morgan fingerprint density at radius 1 is 1.50 bits per heavy atom. The highest BCUT2D eigenvalue weighted by Crippen LogP contribution is 2.38. The van der Waals surface area contributed by atoms with Gasteiger partial charge in [-0.05, 0) is 58.4 Å². The van der Waals surface area contributed by atoms with Gasteiger partial charge in [-0.3, -0.25) is 14.5 Å². The molecule has 0 saturated carbocycles. The van der Waals surface area contributed by atoms with E-state index in [4.69, 9.17) is 11.2 Å². The maximum Gasteiger partial charge on any atom is 0.294 e. The molecule has 5 nitrogen and oxygen atoms in total. The van der Waals surface area contributed by atoms with Crippen molar-refractivity contribution in [2.75, 3.05) is 13.2 Å². The van der Waals surface area contributed by atoms with Gasteiger partial charge in [-0.1, -0.05) is 5.92 Å². The fraction of sp³-hybridized carbons (Fsp3) is 0.200. The summed E-state index contributed by atoms with van der Waals surface area (Å²) in [6, 6.07) is 3.23. The molecule has 114 valence electrons. The number of terminal acetylenes is 1. The van der Waals surface area contributed by atoms with E-state index in [1.54, 1.807) is 25.1 Å². The molecule has 1 aromatic carbocycles. The minimum atomic E-state index is -0.421. The third kappa shape index (κ3) is 3.29. The monoisotopic (exact) mass is 381 g/mol. The first kappa shape index (κ1) is 16.5. The third-order valence-corrected chi connectivity index (χ3v) is 4.28. The molecule has 0 unspecified atom stereocenters. The average Bonchev–Trinajstić information content (AvgIpc) is 2.72. The van der Waals surface area contributed by atoms with Crippen LogP contribution in [0.15, 0.2) is 21.5 Å². The standard InChI is InChI=1S/C15H12BrNO4S/c1-3-5-17-14(19)12(22-15(17)20)8-9-6-10(16)13(18)11(7-9)21-4-2/h1,6-8,18H,4-5H2,2H3/b12-8-. The number of hydrogen-bond acceptors (Lipinski definition) is 5. The normalized spacial score (nSPS) is 16.2. The van der Waals surface area contributed by atoms with Crippen LogP contribution >= 0.6 is 27.7 Å². The van der Waals surface area contributed by atoms with Crippen LogP contribution in [0, 0.1) is 12.3 Å². The maximum absolute atomic E-state index is 12.1. The lowest BCUT2D eigenvalue weighted by Crippen LogP contribution is -2.28. The van der Waals surface area contributed by atoms with Crippen molar-refractivity contribution in [1.82, 2.24) is 4.90 Å². The second kappa shape index (κ2) is 6.90. The number of phenolic OH excluding ortho intramolecular Hbond substituents is 1. The zero-order valence-corrected chi connectivity index (χ0v) is 14.0. The largest absolute Gasteiger partial charge is 0.503 e. The van der Waals surface area contributed by atoms with Crippen molar-refractivity contribution in [3.63, 3.8) is 0 Å². The van der Waals surface area contributed by atoms with Crippen LogP contribution in [-0.4, -0.2) is 34.3 Å². The van der Waals surface area contributed by atoms with Gasteiger partial charge in [0.15, 0.2) is 11.5 Å². The summed E-state index contributed by atoms with van der Waals surface area (Å²) in [6.45, 7) is 2.14.